The Kier molecular flexibility index (Phi) is 7.67. The summed E-state index contributed by atoms with van der Waals surface area (Å²) in [4.78, 5) is 13.8. The summed E-state index contributed by atoms with van der Waals surface area (Å²) in [7, 11) is 0. The van der Waals surface area contributed by atoms with Crippen molar-refractivity contribution in [3.05, 3.63) is 30.6 Å². The molecule has 0 aromatic carbocycles. The molecule has 1 amide bonds. The monoisotopic (exact) mass is 328 g/mol. The van der Waals surface area contributed by atoms with E-state index in [0.29, 0.717) is 19.6 Å². The van der Waals surface area contributed by atoms with Crippen LogP contribution in [0.15, 0.2) is 30.6 Å². The molecule has 1 aromatic rings. The van der Waals surface area contributed by atoms with Crippen molar-refractivity contribution in [1.29, 1.82) is 0 Å². The number of pyridine rings is 1. The van der Waals surface area contributed by atoms with Crippen molar-refractivity contribution in [3.63, 3.8) is 0 Å². The Hall–Kier alpha value is -0.940. The molecule has 0 radical (unpaired) electrons. The first kappa shape index (κ1) is 16.1. The van der Waals surface area contributed by atoms with Crippen molar-refractivity contribution in [2.45, 2.75) is 25.8 Å². The Bertz CT molecular complexity index is 367. The molecule has 0 N–H and O–H groups in total. The van der Waals surface area contributed by atoms with E-state index < -0.39 is 0 Å². The molecule has 1 aliphatic heterocycles. The van der Waals surface area contributed by atoms with E-state index in [2.05, 4.69) is 17.0 Å². The molecule has 5 heteroatoms. The number of hydrogen-bond donors (Lipinski definition) is 0. The van der Waals surface area contributed by atoms with Crippen LogP contribution in [0.5, 0.6) is 0 Å². The van der Waals surface area contributed by atoms with Gasteiger partial charge in [-0.15, -0.1) is 0 Å². The molecule has 0 atom stereocenters. The van der Waals surface area contributed by atoms with Crippen molar-refractivity contribution < 1.29 is 31.1 Å². The van der Waals surface area contributed by atoms with Crippen LogP contribution in [0, 0.1) is 0 Å². The first-order valence-electron chi connectivity index (χ1n) is 6.66. The van der Waals surface area contributed by atoms with Gasteiger partial charge in [-0.25, -0.2) is 4.57 Å². The molecule has 2 heterocycles. The standard InChI is InChI=1S/C14H21N2O2.BrH/c17-14(16-10-12-18-13-11-16)6-2-5-9-15-7-3-1-4-8-15;/h1,3-4,7-8H,2,5-6,9-13H2;1H/q+1;/p-1. The number of aromatic nitrogens is 1. The largest absolute Gasteiger partial charge is 1.00 e. The van der Waals surface area contributed by atoms with Crippen LogP contribution in [0.2, 0.25) is 0 Å². The maximum atomic E-state index is 11.9. The second kappa shape index (κ2) is 9.04. The Labute approximate surface area is 125 Å². The minimum absolute atomic E-state index is 0. The third kappa shape index (κ3) is 5.70. The van der Waals surface area contributed by atoms with Crippen LogP contribution >= 0.6 is 0 Å². The van der Waals surface area contributed by atoms with Gasteiger partial charge in [0, 0.05) is 38.1 Å². The van der Waals surface area contributed by atoms with E-state index in [1.165, 1.54) is 0 Å². The van der Waals surface area contributed by atoms with Crippen LogP contribution in [-0.2, 0) is 16.1 Å². The lowest BCUT2D eigenvalue weighted by Gasteiger charge is -2.26. The van der Waals surface area contributed by atoms with E-state index in [1.807, 2.05) is 23.1 Å². The molecule has 106 valence electrons. The number of amides is 1. The van der Waals surface area contributed by atoms with Gasteiger partial charge in [0.25, 0.3) is 0 Å². The van der Waals surface area contributed by atoms with E-state index in [0.717, 1.165) is 32.5 Å². The number of unbranched alkanes of at least 4 members (excludes halogenated alkanes) is 1. The fourth-order valence-corrected chi connectivity index (χ4v) is 2.12. The molecule has 1 aromatic heterocycles. The normalized spacial score (nSPS) is 14.8. The molecule has 0 spiro atoms. The van der Waals surface area contributed by atoms with E-state index in [4.69, 9.17) is 4.74 Å². The molecule has 19 heavy (non-hydrogen) atoms. The van der Waals surface area contributed by atoms with Gasteiger partial charge in [0.2, 0.25) is 5.91 Å². The van der Waals surface area contributed by atoms with Crippen LogP contribution in [0.1, 0.15) is 19.3 Å². The molecular weight excluding hydrogens is 308 g/mol. The number of carbonyl (C=O) groups is 1. The maximum Gasteiger partial charge on any atom is 0.222 e. The molecule has 0 unspecified atom stereocenters. The SMILES string of the molecule is O=C(CCCC[n+]1ccccc1)N1CCOCC1.[Br-]. The summed E-state index contributed by atoms with van der Waals surface area (Å²) in [6.07, 6.45) is 6.78. The molecule has 1 aliphatic rings. The van der Waals surface area contributed by atoms with Crippen molar-refractivity contribution in [3.8, 4) is 0 Å². The van der Waals surface area contributed by atoms with Crippen LogP contribution in [0.4, 0.5) is 0 Å². The predicted molar refractivity (Wildman–Crippen MR) is 67.9 cm³/mol. The van der Waals surface area contributed by atoms with E-state index in [-0.39, 0.29) is 22.9 Å². The zero-order valence-corrected chi connectivity index (χ0v) is 12.7. The van der Waals surface area contributed by atoms with E-state index >= 15 is 0 Å². The molecule has 0 aliphatic carbocycles. The van der Waals surface area contributed by atoms with Crippen LogP contribution < -0.4 is 21.5 Å². The van der Waals surface area contributed by atoms with Gasteiger partial charge in [0.05, 0.1) is 13.2 Å². The average Bonchev–Trinajstić information content (AvgIpc) is 2.45. The first-order valence-corrected chi connectivity index (χ1v) is 6.66. The van der Waals surface area contributed by atoms with E-state index in [9.17, 15) is 4.79 Å². The molecule has 0 bridgehead atoms. The number of morpholine rings is 1. The number of aryl methyl sites for hydroxylation is 1. The first-order chi connectivity index (χ1) is 8.86. The minimum Gasteiger partial charge on any atom is -1.00 e. The lowest BCUT2D eigenvalue weighted by molar-refractivity contribution is -0.697. The number of ether oxygens (including phenoxy) is 1. The Morgan fingerprint density at radius 2 is 1.79 bits per heavy atom. The fourth-order valence-electron chi connectivity index (χ4n) is 2.12. The molecule has 0 saturated carbocycles. The minimum atomic E-state index is 0. The number of nitrogens with zero attached hydrogens (tertiary/aromatic N) is 2. The Morgan fingerprint density at radius 1 is 1.11 bits per heavy atom. The molecule has 4 nitrogen and oxygen atoms in total. The van der Waals surface area contributed by atoms with Crippen LogP contribution in [-0.4, -0.2) is 37.1 Å². The number of hydrogen-bond acceptors (Lipinski definition) is 2. The lowest BCUT2D eigenvalue weighted by Crippen LogP contribution is -3.00. The van der Waals surface area contributed by atoms with Crippen molar-refractivity contribution in [2.24, 2.45) is 0 Å². The third-order valence-electron chi connectivity index (χ3n) is 3.20. The average molecular weight is 329 g/mol. The maximum absolute atomic E-state index is 11.9. The lowest BCUT2D eigenvalue weighted by atomic mass is 10.2. The van der Waals surface area contributed by atoms with Gasteiger partial charge < -0.3 is 26.6 Å². The summed E-state index contributed by atoms with van der Waals surface area (Å²) in [5, 5.41) is 0. The van der Waals surface area contributed by atoms with Crippen LogP contribution in [0.3, 0.4) is 0 Å². The van der Waals surface area contributed by atoms with Gasteiger partial charge in [0.15, 0.2) is 12.4 Å². The topological polar surface area (TPSA) is 33.4 Å². The summed E-state index contributed by atoms with van der Waals surface area (Å²) in [6, 6.07) is 6.07. The predicted octanol–water partition coefficient (Wildman–Crippen LogP) is -1.99. The number of rotatable bonds is 5. The molecule has 2 rings (SSSR count). The second-order valence-corrected chi connectivity index (χ2v) is 4.56. The summed E-state index contributed by atoms with van der Waals surface area (Å²) in [5.74, 6) is 0.274. The van der Waals surface area contributed by atoms with Crippen molar-refractivity contribution in [2.75, 3.05) is 26.3 Å². The zero-order valence-electron chi connectivity index (χ0n) is 11.1. The van der Waals surface area contributed by atoms with Gasteiger partial charge >= 0.3 is 0 Å². The number of carbonyl (C=O) groups excluding carboxylic acids is 1. The Balaban J connectivity index is 0.00000180. The quantitative estimate of drug-likeness (QED) is 0.463. The Morgan fingerprint density at radius 3 is 2.47 bits per heavy atom. The van der Waals surface area contributed by atoms with Crippen molar-refractivity contribution >= 4 is 5.91 Å². The highest BCUT2D eigenvalue weighted by Crippen LogP contribution is 2.04. The van der Waals surface area contributed by atoms with Crippen molar-refractivity contribution in [1.82, 2.24) is 4.90 Å². The molecular formula is C14H21BrN2O2. The second-order valence-electron chi connectivity index (χ2n) is 4.56. The number of halogens is 1. The van der Waals surface area contributed by atoms with Gasteiger partial charge in [-0.2, -0.15) is 0 Å². The summed E-state index contributed by atoms with van der Waals surface area (Å²) < 4.78 is 7.39. The summed E-state index contributed by atoms with van der Waals surface area (Å²) >= 11 is 0. The fraction of sp³-hybridized carbons (Fsp3) is 0.571. The highest BCUT2D eigenvalue weighted by molar-refractivity contribution is 5.76. The summed E-state index contributed by atoms with van der Waals surface area (Å²) in [5.41, 5.74) is 0. The van der Waals surface area contributed by atoms with E-state index in [1.54, 1.807) is 0 Å². The van der Waals surface area contributed by atoms with Gasteiger partial charge in [-0.1, -0.05) is 6.07 Å². The smallest absolute Gasteiger partial charge is 0.222 e. The van der Waals surface area contributed by atoms with Gasteiger partial charge in [-0.05, 0) is 6.42 Å². The zero-order chi connectivity index (χ0) is 12.6. The molecule has 1 fully saturated rings. The highest BCUT2D eigenvalue weighted by Gasteiger charge is 2.16. The van der Waals surface area contributed by atoms with Gasteiger partial charge in [0.1, 0.15) is 6.54 Å². The van der Waals surface area contributed by atoms with Crippen LogP contribution in [0.25, 0.3) is 0 Å². The molecule has 1 saturated heterocycles. The summed E-state index contributed by atoms with van der Waals surface area (Å²) in [6.45, 7) is 3.87. The highest BCUT2D eigenvalue weighted by atomic mass is 79.9. The third-order valence-corrected chi connectivity index (χ3v) is 3.20. The van der Waals surface area contributed by atoms with Gasteiger partial charge in [-0.3, -0.25) is 4.79 Å².